The van der Waals surface area contributed by atoms with Crippen LogP contribution in [0.15, 0.2) is 66.7 Å². The predicted octanol–water partition coefficient (Wildman–Crippen LogP) is 4.44. The molecule has 0 aliphatic carbocycles. The van der Waals surface area contributed by atoms with E-state index in [-0.39, 0.29) is 0 Å². The second-order valence-electron chi connectivity index (χ2n) is 5.48. The number of alkyl halides is 3. The maximum absolute atomic E-state index is 13.0. The van der Waals surface area contributed by atoms with Gasteiger partial charge in [0, 0.05) is 11.1 Å². The van der Waals surface area contributed by atoms with Crippen molar-refractivity contribution in [3.63, 3.8) is 0 Å². The fourth-order valence-corrected chi connectivity index (χ4v) is 2.53. The van der Waals surface area contributed by atoms with Gasteiger partial charge < -0.3 is 10.6 Å². The van der Waals surface area contributed by atoms with Gasteiger partial charge in [0.1, 0.15) is 0 Å². The van der Waals surface area contributed by atoms with Gasteiger partial charge in [-0.3, -0.25) is 9.59 Å². The number of anilines is 2. The summed E-state index contributed by atoms with van der Waals surface area (Å²) in [5, 5.41) is 6.01. The van der Waals surface area contributed by atoms with Gasteiger partial charge in [-0.2, -0.15) is 13.2 Å². The molecule has 0 aliphatic rings. The largest absolute Gasteiger partial charge is 0.418 e. The highest BCUT2D eigenvalue weighted by molar-refractivity contribution is 6.44. The van der Waals surface area contributed by atoms with Crippen molar-refractivity contribution >= 4 is 34.0 Å². The maximum Gasteiger partial charge on any atom is 0.418 e. The molecule has 2 amide bonds. The monoisotopic (exact) mass is 358 g/mol. The average Bonchev–Trinajstić information content (AvgIpc) is 2.61. The first-order valence-corrected chi connectivity index (χ1v) is 7.62. The maximum atomic E-state index is 13.0. The SMILES string of the molecule is O=C(Nc1ccccc1C(F)(F)F)C(=O)Nc1cccc2ccccc12. The molecular weight excluding hydrogens is 345 g/mol. The summed E-state index contributed by atoms with van der Waals surface area (Å²) in [7, 11) is 0. The fraction of sp³-hybridized carbons (Fsp3) is 0.0526. The lowest BCUT2D eigenvalue weighted by molar-refractivity contribution is -0.137. The topological polar surface area (TPSA) is 58.2 Å². The number of hydrogen-bond donors (Lipinski definition) is 2. The molecule has 0 bridgehead atoms. The van der Waals surface area contributed by atoms with Crippen LogP contribution in [0.1, 0.15) is 5.56 Å². The Kier molecular flexibility index (Phi) is 4.62. The summed E-state index contributed by atoms with van der Waals surface area (Å²) in [6.07, 6.45) is -4.64. The lowest BCUT2D eigenvalue weighted by atomic mass is 10.1. The van der Waals surface area contributed by atoms with E-state index in [4.69, 9.17) is 0 Å². The summed E-state index contributed by atoms with van der Waals surface area (Å²) < 4.78 is 38.9. The Bertz CT molecular complexity index is 978. The molecule has 132 valence electrons. The minimum Gasteiger partial charge on any atom is -0.317 e. The zero-order valence-electron chi connectivity index (χ0n) is 13.3. The summed E-state index contributed by atoms with van der Waals surface area (Å²) in [4.78, 5) is 24.2. The van der Waals surface area contributed by atoms with Crippen LogP contribution >= 0.6 is 0 Å². The van der Waals surface area contributed by atoms with E-state index >= 15 is 0 Å². The fourth-order valence-electron chi connectivity index (χ4n) is 2.53. The highest BCUT2D eigenvalue weighted by atomic mass is 19.4. The van der Waals surface area contributed by atoms with Gasteiger partial charge in [0.2, 0.25) is 0 Å². The number of amides is 2. The number of nitrogens with one attached hydrogen (secondary N) is 2. The smallest absolute Gasteiger partial charge is 0.317 e. The van der Waals surface area contributed by atoms with Crippen LogP contribution in [-0.4, -0.2) is 11.8 Å². The molecule has 0 saturated heterocycles. The van der Waals surface area contributed by atoms with Crippen molar-refractivity contribution in [3.8, 4) is 0 Å². The van der Waals surface area contributed by atoms with Gasteiger partial charge in [0.15, 0.2) is 0 Å². The first kappa shape index (κ1) is 17.5. The van der Waals surface area contributed by atoms with E-state index in [1.807, 2.05) is 23.5 Å². The van der Waals surface area contributed by atoms with E-state index < -0.39 is 29.2 Å². The molecule has 0 radical (unpaired) electrons. The third-order valence-electron chi connectivity index (χ3n) is 3.72. The highest BCUT2D eigenvalue weighted by Gasteiger charge is 2.34. The lowest BCUT2D eigenvalue weighted by Crippen LogP contribution is -2.30. The summed E-state index contributed by atoms with van der Waals surface area (Å²) >= 11 is 0. The van der Waals surface area contributed by atoms with Crippen LogP contribution in [0.5, 0.6) is 0 Å². The van der Waals surface area contributed by atoms with Gasteiger partial charge in [0.25, 0.3) is 0 Å². The number of halogens is 3. The number of para-hydroxylation sites is 1. The standard InChI is InChI=1S/C19H13F3N2O2/c20-19(21,22)14-9-3-4-10-16(14)24-18(26)17(25)23-15-11-5-7-12-6-1-2-8-13(12)15/h1-11H,(H,23,25)(H,24,26). The summed E-state index contributed by atoms with van der Waals surface area (Å²) in [5.74, 6) is -2.24. The van der Waals surface area contributed by atoms with Gasteiger partial charge in [-0.25, -0.2) is 0 Å². The molecule has 0 saturated carbocycles. The van der Waals surface area contributed by atoms with E-state index in [9.17, 15) is 22.8 Å². The summed E-state index contributed by atoms with van der Waals surface area (Å²) in [5.41, 5.74) is -1.10. The number of carbonyl (C=O) groups excluding carboxylic acids is 2. The van der Waals surface area contributed by atoms with E-state index in [0.29, 0.717) is 11.1 Å². The van der Waals surface area contributed by atoms with Gasteiger partial charge in [-0.15, -0.1) is 0 Å². The van der Waals surface area contributed by atoms with Gasteiger partial charge in [0.05, 0.1) is 11.3 Å². The molecule has 4 nitrogen and oxygen atoms in total. The molecule has 0 heterocycles. The zero-order chi connectivity index (χ0) is 18.7. The van der Waals surface area contributed by atoms with Crippen molar-refractivity contribution in [1.29, 1.82) is 0 Å². The molecule has 3 aromatic carbocycles. The van der Waals surface area contributed by atoms with E-state index in [0.717, 1.165) is 17.5 Å². The molecule has 26 heavy (non-hydrogen) atoms. The molecular formula is C19H13F3N2O2. The minimum absolute atomic E-state index is 0.396. The molecule has 3 aromatic rings. The van der Waals surface area contributed by atoms with Crippen molar-refractivity contribution in [2.45, 2.75) is 6.18 Å². The van der Waals surface area contributed by atoms with Crippen LogP contribution in [-0.2, 0) is 15.8 Å². The predicted molar refractivity (Wildman–Crippen MR) is 92.7 cm³/mol. The Morgan fingerprint density at radius 3 is 1.96 bits per heavy atom. The molecule has 7 heteroatoms. The van der Waals surface area contributed by atoms with Crippen LogP contribution in [0.2, 0.25) is 0 Å². The molecule has 0 unspecified atom stereocenters. The Labute approximate surface area is 146 Å². The number of benzene rings is 3. The lowest BCUT2D eigenvalue weighted by Gasteiger charge is -2.13. The number of rotatable bonds is 2. The van der Waals surface area contributed by atoms with Gasteiger partial charge >= 0.3 is 18.0 Å². The second kappa shape index (κ2) is 6.87. The van der Waals surface area contributed by atoms with Crippen molar-refractivity contribution in [1.82, 2.24) is 0 Å². The van der Waals surface area contributed by atoms with Crippen molar-refractivity contribution in [2.24, 2.45) is 0 Å². The second-order valence-corrected chi connectivity index (χ2v) is 5.48. The summed E-state index contributed by atoms with van der Waals surface area (Å²) in [6, 6.07) is 16.8. The van der Waals surface area contributed by atoms with Crippen LogP contribution in [0.4, 0.5) is 24.5 Å². The van der Waals surface area contributed by atoms with Crippen molar-refractivity contribution in [3.05, 3.63) is 72.3 Å². The van der Waals surface area contributed by atoms with Crippen molar-refractivity contribution in [2.75, 3.05) is 10.6 Å². The van der Waals surface area contributed by atoms with E-state index in [1.54, 1.807) is 24.3 Å². The van der Waals surface area contributed by atoms with Gasteiger partial charge in [-0.1, -0.05) is 48.5 Å². The zero-order valence-corrected chi connectivity index (χ0v) is 13.3. The minimum atomic E-state index is -4.64. The first-order chi connectivity index (χ1) is 12.4. The number of hydrogen-bond acceptors (Lipinski definition) is 2. The van der Waals surface area contributed by atoms with Crippen LogP contribution in [0, 0.1) is 0 Å². The van der Waals surface area contributed by atoms with Crippen molar-refractivity contribution < 1.29 is 22.8 Å². The third-order valence-corrected chi connectivity index (χ3v) is 3.72. The van der Waals surface area contributed by atoms with E-state index in [2.05, 4.69) is 5.32 Å². The Morgan fingerprint density at radius 1 is 0.692 bits per heavy atom. The molecule has 0 atom stereocenters. The molecule has 2 N–H and O–H groups in total. The highest BCUT2D eigenvalue weighted by Crippen LogP contribution is 2.34. The van der Waals surface area contributed by atoms with E-state index in [1.165, 1.54) is 12.1 Å². The number of carbonyl (C=O) groups is 2. The molecule has 0 spiro atoms. The number of fused-ring (bicyclic) bond motifs is 1. The molecule has 0 fully saturated rings. The van der Waals surface area contributed by atoms with Crippen LogP contribution in [0.25, 0.3) is 10.8 Å². The van der Waals surface area contributed by atoms with Crippen LogP contribution < -0.4 is 10.6 Å². The molecule has 3 rings (SSSR count). The Balaban J connectivity index is 1.80. The summed E-state index contributed by atoms with van der Waals surface area (Å²) in [6.45, 7) is 0. The Hall–Kier alpha value is -3.35. The average molecular weight is 358 g/mol. The molecule has 0 aromatic heterocycles. The van der Waals surface area contributed by atoms with Crippen LogP contribution in [0.3, 0.4) is 0 Å². The first-order valence-electron chi connectivity index (χ1n) is 7.62. The normalized spacial score (nSPS) is 11.2. The Morgan fingerprint density at radius 2 is 1.23 bits per heavy atom. The quantitative estimate of drug-likeness (QED) is 0.666. The third kappa shape index (κ3) is 3.66. The van der Waals surface area contributed by atoms with Gasteiger partial charge in [-0.05, 0) is 23.6 Å². The molecule has 0 aliphatic heterocycles.